The maximum Gasteiger partial charge on any atom is 0.122 e. The second kappa shape index (κ2) is 4.96. The largest absolute Gasteiger partial charge is 0.301 e. The van der Waals surface area contributed by atoms with Crippen LogP contribution < -0.4 is 5.32 Å². The molecule has 1 heterocycles. The lowest BCUT2D eigenvalue weighted by molar-refractivity contribution is 0.0746. The van der Waals surface area contributed by atoms with Gasteiger partial charge in [-0.3, -0.25) is 4.90 Å². The molecule has 0 amide bonds. The van der Waals surface area contributed by atoms with Crippen LogP contribution in [0.15, 0.2) is 0 Å². The van der Waals surface area contributed by atoms with Crippen molar-refractivity contribution in [1.82, 2.24) is 10.2 Å². The molecule has 2 fully saturated rings. The van der Waals surface area contributed by atoms with Gasteiger partial charge in [0.25, 0.3) is 0 Å². The zero-order valence-corrected chi connectivity index (χ0v) is 11.4. The summed E-state index contributed by atoms with van der Waals surface area (Å²) < 4.78 is 0. The van der Waals surface area contributed by atoms with Gasteiger partial charge in [0.2, 0.25) is 0 Å². The van der Waals surface area contributed by atoms with Crippen LogP contribution >= 0.6 is 0 Å². The zero-order chi connectivity index (χ0) is 12.5. The zero-order valence-electron chi connectivity index (χ0n) is 11.4. The van der Waals surface area contributed by atoms with Crippen LogP contribution in [-0.2, 0) is 0 Å². The highest BCUT2D eigenvalue weighted by molar-refractivity contribution is 5.16. The van der Waals surface area contributed by atoms with Gasteiger partial charge in [-0.1, -0.05) is 6.42 Å². The summed E-state index contributed by atoms with van der Waals surface area (Å²) in [6.07, 6.45) is 6.32. The summed E-state index contributed by atoms with van der Waals surface area (Å²) in [4.78, 5) is 2.54. The molecule has 3 atom stereocenters. The minimum absolute atomic E-state index is 0.306. The maximum absolute atomic E-state index is 9.55. The molecular formula is C14H25N3. The molecule has 1 saturated heterocycles. The average molecular weight is 235 g/mol. The molecule has 1 unspecified atom stereocenters. The number of nitriles is 1. The van der Waals surface area contributed by atoms with E-state index in [4.69, 9.17) is 0 Å². The number of rotatable bonds is 4. The number of likely N-dealkylation sites (tertiary alicyclic amines) is 1. The highest BCUT2D eigenvalue weighted by Gasteiger charge is 2.47. The van der Waals surface area contributed by atoms with E-state index in [1.54, 1.807) is 0 Å². The van der Waals surface area contributed by atoms with Gasteiger partial charge in [0.1, 0.15) is 5.54 Å². The van der Waals surface area contributed by atoms with Gasteiger partial charge in [-0.05, 0) is 52.5 Å². The molecule has 0 aromatic heterocycles. The fourth-order valence-electron chi connectivity index (χ4n) is 3.25. The van der Waals surface area contributed by atoms with Crippen LogP contribution in [0.25, 0.3) is 0 Å². The minimum Gasteiger partial charge on any atom is -0.301 e. The van der Waals surface area contributed by atoms with Crippen LogP contribution in [0.5, 0.6) is 0 Å². The molecule has 0 aromatic carbocycles. The van der Waals surface area contributed by atoms with Gasteiger partial charge in [-0.25, -0.2) is 0 Å². The van der Waals surface area contributed by atoms with Crippen molar-refractivity contribution >= 4 is 0 Å². The standard InChI is InChI=1S/C14H25N3/c1-11-5-4-6-12(2)17(11)10-14(9-15,16-3)13-7-8-13/h11-13,16H,4-8,10H2,1-3H3/t11-,12+,14?. The Morgan fingerprint density at radius 3 is 2.24 bits per heavy atom. The Balaban J connectivity index is 2.09. The summed E-state index contributed by atoms with van der Waals surface area (Å²) in [5.41, 5.74) is -0.306. The van der Waals surface area contributed by atoms with E-state index in [9.17, 15) is 5.26 Å². The van der Waals surface area contributed by atoms with Crippen LogP contribution in [0.2, 0.25) is 0 Å². The van der Waals surface area contributed by atoms with E-state index < -0.39 is 0 Å². The van der Waals surface area contributed by atoms with Gasteiger partial charge in [-0.15, -0.1) is 0 Å². The lowest BCUT2D eigenvalue weighted by Crippen LogP contribution is -2.57. The Morgan fingerprint density at radius 2 is 1.82 bits per heavy atom. The molecule has 1 aliphatic heterocycles. The predicted octanol–water partition coefficient (Wildman–Crippen LogP) is 2.14. The Labute approximate surface area is 105 Å². The average Bonchev–Trinajstić information content (AvgIpc) is 3.14. The topological polar surface area (TPSA) is 39.1 Å². The first-order valence-corrected chi connectivity index (χ1v) is 6.99. The highest BCUT2D eigenvalue weighted by atomic mass is 15.2. The number of hydrogen-bond donors (Lipinski definition) is 1. The summed E-state index contributed by atoms with van der Waals surface area (Å²) in [7, 11) is 1.95. The molecule has 96 valence electrons. The summed E-state index contributed by atoms with van der Waals surface area (Å²) in [6, 6.07) is 3.81. The quantitative estimate of drug-likeness (QED) is 0.811. The molecule has 1 saturated carbocycles. The lowest BCUT2D eigenvalue weighted by atomic mass is 9.90. The fraction of sp³-hybridized carbons (Fsp3) is 0.929. The van der Waals surface area contributed by atoms with Gasteiger partial charge in [0.15, 0.2) is 0 Å². The first kappa shape index (κ1) is 12.9. The second-order valence-electron chi connectivity index (χ2n) is 5.91. The summed E-state index contributed by atoms with van der Waals surface area (Å²) in [6.45, 7) is 5.51. The molecule has 2 aliphatic rings. The normalized spacial score (nSPS) is 34.0. The fourth-order valence-corrected chi connectivity index (χ4v) is 3.25. The van der Waals surface area contributed by atoms with E-state index in [1.807, 2.05) is 7.05 Å². The number of piperidine rings is 1. The third-order valence-electron chi connectivity index (χ3n) is 4.73. The molecule has 2 rings (SSSR count). The molecular weight excluding hydrogens is 210 g/mol. The number of hydrogen-bond acceptors (Lipinski definition) is 3. The number of likely N-dealkylation sites (N-methyl/N-ethyl adjacent to an activating group) is 1. The van der Waals surface area contributed by atoms with Crippen molar-refractivity contribution in [3.05, 3.63) is 0 Å². The lowest BCUT2D eigenvalue weighted by Gasteiger charge is -2.43. The molecule has 3 nitrogen and oxygen atoms in total. The van der Waals surface area contributed by atoms with E-state index in [0.29, 0.717) is 18.0 Å². The van der Waals surface area contributed by atoms with Crippen molar-refractivity contribution in [3.63, 3.8) is 0 Å². The minimum atomic E-state index is -0.306. The highest BCUT2D eigenvalue weighted by Crippen LogP contribution is 2.40. The van der Waals surface area contributed by atoms with Gasteiger partial charge in [0.05, 0.1) is 6.07 Å². The smallest absolute Gasteiger partial charge is 0.122 e. The Kier molecular flexibility index (Phi) is 3.75. The maximum atomic E-state index is 9.55. The molecule has 0 aromatic rings. The van der Waals surface area contributed by atoms with Gasteiger partial charge in [0, 0.05) is 18.6 Å². The molecule has 3 heteroatoms. The van der Waals surface area contributed by atoms with E-state index in [2.05, 4.69) is 30.1 Å². The summed E-state index contributed by atoms with van der Waals surface area (Å²) in [5.74, 6) is 0.568. The second-order valence-corrected chi connectivity index (χ2v) is 5.91. The third kappa shape index (κ3) is 2.48. The van der Waals surface area contributed by atoms with E-state index >= 15 is 0 Å². The van der Waals surface area contributed by atoms with Crippen LogP contribution in [0, 0.1) is 17.2 Å². The van der Waals surface area contributed by atoms with E-state index in [1.165, 1.54) is 32.1 Å². The van der Waals surface area contributed by atoms with Crippen LogP contribution in [0.4, 0.5) is 0 Å². The van der Waals surface area contributed by atoms with Crippen molar-refractivity contribution in [2.75, 3.05) is 13.6 Å². The number of nitrogens with one attached hydrogen (secondary N) is 1. The van der Waals surface area contributed by atoms with Crippen LogP contribution in [-0.4, -0.2) is 36.1 Å². The molecule has 0 spiro atoms. The predicted molar refractivity (Wildman–Crippen MR) is 69.6 cm³/mol. The van der Waals surface area contributed by atoms with Crippen molar-refractivity contribution < 1.29 is 0 Å². The van der Waals surface area contributed by atoms with Crippen LogP contribution in [0.3, 0.4) is 0 Å². The third-order valence-corrected chi connectivity index (χ3v) is 4.73. The van der Waals surface area contributed by atoms with Gasteiger partial charge in [-0.2, -0.15) is 5.26 Å². The molecule has 17 heavy (non-hydrogen) atoms. The first-order chi connectivity index (χ1) is 8.13. The van der Waals surface area contributed by atoms with Crippen molar-refractivity contribution in [3.8, 4) is 6.07 Å². The van der Waals surface area contributed by atoms with Gasteiger partial charge >= 0.3 is 0 Å². The summed E-state index contributed by atoms with van der Waals surface area (Å²) in [5, 5.41) is 12.9. The number of nitrogens with zero attached hydrogens (tertiary/aromatic N) is 2. The molecule has 0 bridgehead atoms. The Morgan fingerprint density at radius 1 is 1.24 bits per heavy atom. The Hall–Kier alpha value is -0.590. The van der Waals surface area contributed by atoms with E-state index in [-0.39, 0.29) is 5.54 Å². The molecule has 1 N–H and O–H groups in total. The van der Waals surface area contributed by atoms with E-state index in [0.717, 1.165) is 6.54 Å². The van der Waals surface area contributed by atoms with Gasteiger partial charge < -0.3 is 5.32 Å². The van der Waals surface area contributed by atoms with Crippen molar-refractivity contribution in [2.24, 2.45) is 5.92 Å². The van der Waals surface area contributed by atoms with Crippen molar-refractivity contribution in [1.29, 1.82) is 5.26 Å². The molecule has 1 aliphatic carbocycles. The molecule has 0 radical (unpaired) electrons. The van der Waals surface area contributed by atoms with Crippen LogP contribution in [0.1, 0.15) is 46.0 Å². The SMILES string of the molecule is CNC(C#N)(CN1[C@H](C)CCC[C@@H]1C)C1CC1. The summed E-state index contributed by atoms with van der Waals surface area (Å²) >= 11 is 0. The Bertz CT molecular complexity index is 295. The first-order valence-electron chi connectivity index (χ1n) is 6.99. The van der Waals surface area contributed by atoms with Crippen molar-refractivity contribution in [2.45, 2.75) is 63.6 Å². The monoisotopic (exact) mass is 235 g/mol.